The van der Waals surface area contributed by atoms with E-state index in [1.54, 1.807) is 0 Å². The van der Waals surface area contributed by atoms with E-state index in [4.69, 9.17) is 5.73 Å². The van der Waals surface area contributed by atoms with E-state index in [1.165, 1.54) is 32.2 Å². The lowest BCUT2D eigenvalue weighted by atomic mass is 9.70. The fraction of sp³-hybridized carbons (Fsp3) is 1.00. The van der Waals surface area contributed by atoms with Crippen molar-refractivity contribution in [3.05, 3.63) is 0 Å². The lowest BCUT2D eigenvalue weighted by molar-refractivity contribution is 0.0941. The van der Waals surface area contributed by atoms with Crippen LogP contribution in [0, 0.1) is 11.3 Å². The molecule has 0 aliphatic heterocycles. The highest BCUT2D eigenvalue weighted by Crippen LogP contribution is 2.38. The van der Waals surface area contributed by atoms with Gasteiger partial charge in [0.25, 0.3) is 0 Å². The summed E-state index contributed by atoms with van der Waals surface area (Å²) in [6, 6.07) is 0.632. The first-order valence-corrected chi connectivity index (χ1v) is 6.39. The van der Waals surface area contributed by atoms with Gasteiger partial charge in [-0.1, -0.05) is 19.8 Å². The van der Waals surface area contributed by atoms with Crippen molar-refractivity contribution in [2.24, 2.45) is 17.1 Å². The standard InChI is InChI=1S/C13H28N2/c1-11(2)15(4)10-13(9-14)7-5-12(3)6-8-13/h11-12H,5-10,14H2,1-4H3. The molecule has 2 heteroatoms. The highest BCUT2D eigenvalue weighted by Gasteiger charge is 2.34. The van der Waals surface area contributed by atoms with Gasteiger partial charge in [0.15, 0.2) is 0 Å². The van der Waals surface area contributed by atoms with Gasteiger partial charge >= 0.3 is 0 Å². The number of nitrogens with zero attached hydrogens (tertiary/aromatic N) is 1. The summed E-state index contributed by atoms with van der Waals surface area (Å²) in [5.74, 6) is 0.911. The predicted molar refractivity (Wildman–Crippen MR) is 66.9 cm³/mol. The Bertz CT molecular complexity index is 181. The largest absolute Gasteiger partial charge is 0.330 e. The molecule has 0 saturated heterocycles. The van der Waals surface area contributed by atoms with Crippen LogP contribution in [-0.2, 0) is 0 Å². The minimum atomic E-state index is 0.408. The molecule has 0 radical (unpaired) electrons. The minimum absolute atomic E-state index is 0.408. The highest BCUT2D eigenvalue weighted by molar-refractivity contribution is 4.88. The van der Waals surface area contributed by atoms with Crippen molar-refractivity contribution < 1.29 is 0 Å². The number of hydrogen-bond donors (Lipinski definition) is 1. The summed E-state index contributed by atoms with van der Waals surface area (Å²) in [6.07, 6.45) is 5.37. The second-order valence-electron chi connectivity index (χ2n) is 5.90. The van der Waals surface area contributed by atoms with E-state index >= 15 is 0 Å². The van der Waals surface area contributed by atoms with E-state index in [9.17, 15) is 0 Å². The Morgan fingerprint density at radius 1 is 1.33 bits per heavy atom. The molecule has 90 valence electrons. The van der Waals surface area contributed by atoms with E-state index in [0.717, 1.165) is 12.5 Å². The Balaban J connectivity index is 2.53. The molecule has 15 heavy (non-hydrogen) atoms. The van der Waals surface area contributed by atoms with Gasteiger partial charge in [0, 0.05) is 12.6 Å². The van der Waals surface area contributed by atoms with Gasteiger partial charge in [-0.05, 0) is 51.6 Å². The van der Waals surface area contributed by atoms with Gasteiger partial charge < -0.3 is 10.6 Å². The Labute approximate surface area is 95.2 Å². The first kappa shape index (κ1) is 13.0. The summed E-state index contributed by atoms with van der Waals surface area (Å²) in [5.41, 5.74) is 6.41. The van der Waals surface area contributed by atoms with Crippen molar-refractivity contribution >= 4 is 0 Å². The van der Waals surface area contributed by atoms with Crippen LogP contribution in [0.1, 0.15) is 46.5 Å². The van der Waals surface area contributed by atoms with Gasteiger partial charge in [-0.2, -0.15) is 0 Å². The Morgan fingerprint density at radius 3 is 2.27 bits per heavy atom. The average Bonchev–Trinajstić information content (AvgIpc) is 2.21. The molecule has 2 nitrogen and oxygen atoms in total. The Hall–Kier alpha value is -0.0800. The predicted octanol–water partition coefficient (Wildman–Crippen LogP) is 2.48. The molecule has 0 atom stereocenters. The molecule has 0 bridgehead atoms. The fourth-order valence-corrected chi connectivity index (χ4v) is 2.51. The van der Waals surface area contributed by atoms with E-state index in [0.29, 0.717) is 11.5 Å². The lowest BCUT2D eigenvalue weighted by Gasteiger charge is -2.42. The van der Waals surface area contributed by atoms with E-state index in [2.05, 4.69) is 32.7 Å². The topological polar surface area (TPSA) is 29.3 Å². The monoisotopic (exact) mass is 212 g/mol. The summed E-state index contributed by atoms with van der Waals surface area (Å²) < 4.78 is 0. The minimum Gasteiger partial charge on any atom is -0.330 e. The molecule has 1 aliphatic carbocycles. The Morgan fingerprint density at radius 2 is 1.87 bits per heavy atom. The van der Waals surface area contributed by atoms with Crippen LogP contribution in [0.3, 0.4) is 0 Å². The van der Waals surface area contributed by atoms with Crippen LogP contribution in [0.5, 0.6) is 0 Å². The van der Waals surface area contributed by atoms with Crippen LogP contribution < -0.4 is 5.73 Å². The maximum absolute atomic E-state index is 6.01. The van der Waals surface area contributed by atoms with Crippen molar-refractivity contribution in [2.45, 2.75) is 52.5 Å². The summed E-state index contributed by atoms with van der Waals surface area (Å²) in [4.78, 5) is 2.45. The SMILES string of the molecule is CC1CCC(CN)(CN(C)C(C)C)CC1. The molecule has 1 rings (SSSR count). The zero-order valence-corrected chi connectivity index (χ0v) is 10.9. The molecule has 0 aromatic heterocycles. The molecule has 0 aromatic carbocycles. The Kier molecular flexibility index (Phi) is 4.60. The zero-order valence-electron chi connectivity index (χ0n) is 10.9. The first-order chi connectivity index (χ1) is 6.99. The van der Waals surface area contributed by atoms with Crippen molar-refractivity contribution in [3.8, 4) is 0 Å². The van der Waals surface area contributed by atoms with Crippen LogP contribution in [0.4, 0.5) is 0 Å². The molecule has 0 unspecified atom stereocenters. The molecule has 1 fully saturated rings. The number of rotatable bonds is 4. The third-order valence-electron chi connectivity index (χ3n) is 4.23. The molecule has 1 saturated carbocycles. The second-order valence-corrected chi connectivity index (χ2v) is 5.90. The van der Waals surface area contributed by atoms with Gasteiger partial charge in [-0.15, -0.1) is 0 Å². The summed E-state index contributed by atoms with van der Waals surface area (Å²) in [7, 11) is 2.22. The fourth-order valence-electron chi connectivity index (χ4n) is 2.51. The van der Waals surface area contributed by atoms with Gasteiger partial charge in [0.05, 0.1) is 0 Å². The number of nitrogens with two attached hydrogens (primary N) is 1. The molecule has 0 spiro atoms. The van der Waals surface area contributed by atoms with Gasteiger partial charge in [0.1, 0.15) is 0 Å². The van der Waals surface area contributed by atoms with Crippen molar-refractivity contribution in [2.75, 3.05) is 20.1 Å². The first-order valence-electron chi connectivity index (χ1n) is 6.39. The van der Waals surface area contributed by atoms with Crippen LogP contribution in [0.15, 0.2) is 0 Å². The van der Waals surface area contributed by atoms with Crippen LogP contribution in [0.25, 0.3) is 0 Å². The molecule has 2 N–H and O–H groups in total. The maximum atomic E-state index is 6.01. The van der Waals surface area contributed by atoms with Gasteiger partial charge in [-0.3, -0.25) is 0 Å². The van der Waals surface area contributed by atoms with Crippen molar-refractivity contribution in [3.63, 3.8) is 0 Å². The maximum Gasteiger partial charge on any atom is 0.00497 e. The third kappa shape index (κ3) is 3.46. The lowest BCUT2D eigenvalue weighted by Crippen LogP contribution is -2.45. The molecule has 0 heterocycles. The second kappa shape index (κ2) is 5.31. The quantitative estimate of drug-likeness (QED) is 0.776. The normalized spacial score (nSPS) is 32.6. The molecular formula is C13H28N2. The van der Waals surface area contributed by atoms with E-state index in [-0.39, 0.29) is 0 Å². The van der Waals surface area contributed by atoms with Crippen LogP contribution in [0.2, 0.25) is 0 Å². The van der Waals surface area contributed by atoms with Crippen molar-refractivity contribution in [1.29, 1.82) is 0 Å². The zero-order chi connectivity index (χ0) is 11.5. The smallest absolute Gasteiger partial charge is 0.00497 e. The highest BCUT2D eigenvalue weighted by atomic mass is 15.1. The molecule has 0 aromatic rings. The molecule has 1 aliphatic rings. The van der Waals surface area contributed by atoms with Gasteiger partial charge in [0.2, 0.25) is 0 Å². The van der Waals surface area contributed by atoms with E-state index in [1.807, 2.05) is 0 Å². The number of hydrogen-bond acceptors (Lipinski definition) is 2. The summed E-state index contributed by atoms with van der Waals surface area (Å²) in [5, 5.41) is 0. The molecule has 0 amide bonds. The average molecular weight is 212 g/mol. The van der Waals surface area contributed by atoms with Crippen LogP contribution >= 0.6 is 0 Å². The van der Waals surface area contributed by atoms with E-state index < -0.39 is 0 Å². The molecular weight excluding hydrogens is 184 g/mol. The summed E-state index contributed by atoms with van der Waals surface area (Å²) >= 11 is 0. The van der Waals surface area contributed by atoms with Crippen molar-refractivity contribution in [1.82, 2.24) is 4.90 Å². The third-order valence-corrected chi connectivity index (χ3v) is 4.23. The summed E-state index contributed by atoms with van der Waals surface area (Å²) in [6.45, 7) is 8.92. The van der Waals surface area contributed by atoms with Crippen LogP contribution in [-0.4, -0.2) is 31.1 Å². The van der Waals surface area contributed by atoms with Gasteiger partial charge in [-0.25, -0.2) is 0 Å².